The smallest absolute Gasteiger partial charge is 0.307 e. The van der Waals surface area contributed by atoms with Crippen molar-refractivity contribution in [2.45, 2.75) is 0 Å². The molecule has 2 aromatic heterocycles. The Morgan fingerprint density at radius 2 is 2.05 bits per heavy atom. The lowest BCUT2D eigenvalue weighted by Crippen LogP contribution is -2.16. The molecule has 1 amide bonds. The standard InChI is InChI=1S/C14H9BrN2O3/c15-13-6-5-10(19-13)8-16-17-14(18)12-7-9-3-1-2-4-11(9)20-12/h1-8H,(H,17,18)/b16-8+. The molecule has 2 heterocycles. The van der Waals surface area contributed by atoms with Crippen LogP contribution in [0.15, 0.2) is 61.1 Å². The number of amides is 1. The summed E-state index contributed by atoms with van der Waals surface area (Å²) in [4.78, 5) is 11.9. The first-order valence-electron chi connectivity index (χ1n) is 5.80. The summed E-state index contributed by atoms with van der Waals surface area (Å²) >= 11 is 3.18. The highest BCUT2D eigenvalue weighted by Gasteiger charge is 2.10. The Morgan fingerprint density at radius 1 is 1.20 bits per heavy atom. The third kappa shape index (κ3) is 2.65. The molecule has 3 rings (SSSR count). The Kier molecular flexibility index (Phi) is 3.39. The molecule has 1 N–H and O–H groups in total. The van der Waals surface area contributed by atoms with Gasteiger partial charge in [-0.25, -0.2) is 5.43 Å². The lowest BCUT2D eigenvalue weighted by atomic mass is 10.2. The van der Waals surface area contributed by atoms with Crippen molar-refractivity contribution in [3.63, 3.8) is 0 Å². The Bertz CT molecular complexity index is 755. The van der Waals surface area contributed by atoms with Gasteiger partial charge in [0.15, 0.2) is 10.4 Å². The molecule has 0 aliphatic rings. The van der Waals surface area contributed by atoms with Crippen molar-refractivity contribution >= 4 is 39.0 Å². The lowest BCUT2D eigenvalue weighted by molar-refractivity contribution is 0.0929. The molecule has 100 valence electrons. The van der Waals surface area contributed by atoms with Gasteiger partial charge >= 0.3 is 5.91 Å². The zero-order valence-corrected chi connectivity index (χ0v) is 11.8. The van der Waals surface area contributed by atoms with Crippen LogP contribution in [0.4, 0.5) is 0 Å². The summed E-state index contributed by atoms with van der Waals surface area (Å²) in [6.07, 6.45) is 1.41. The van der Waals surface area contributed by atoms with Crippen molar-refractivity contribution in [1.29, 1.82) is 0 Å². The van der Waals surface area contributed by atoms with Crippen LogP contribution < -0.4 is 5.43 Å². The van der Waals surface area contributed by atoms with E-state index in [9.17, 15) is 4.79 Å². The van der Waals surface area contributed by atoms with Crippen molar-refractivity contribution in [2.24, 2.45) is 5.10 Å². The van der Waals surface area contributed by atoms with Gasteiger partial charge < -0.3 is 8.83 Å². The number of carbonyl (C=O) groups is 1. The van der Waals surface area contributed by atoms with Crippen LogP contribution in [0.3, 0.4) is 0 Å². The van der Waals surface area contributed by atoms with Gasteiger partial charge in [-0.2, -0.15) is 5.10 Å². The largest absolute Gasteiger partial charge is 0.451 e. The lowest BCUT2D eigenvalue weighted by Gasteiger charge is -1.93. The minimum atomic E-state index is -0.414. The third-order valence-electron chi connectivity index (χ3n) is 2.60. The van der Waals surface area contributed by atoms with Gasteiger partial charge in [0.05, 0.1) is 6.21 Å². The molecule has 0 saturated carbocycles. The summed E-state index contributed by atoms with van der Waals surface area (Å²) in [6.45, 7) is 0. The van der Waals surface area contributed by atoms with E-state index in [-0.39, 0.29) is 5.76 Å². The molecule has 0 unspecified atom stereocenters. The fourth-order valence-corrected chi connectivity index (χ4v) is 2.02. The van der Waals surface area contributed by atoms with Crippen molar-refractivity contribution in [3.05, 3.63) is 58.7 Å². The molecule has 5 nitrogen and oxygen atoms in total. The first kappa shape index (κ1) is 12.7. The fourth-order valence-electron chi connectivity index (χ4n) is 1.70. The summed E-state index contributed by atoms with van der Waals surface area (Å²) in [5.74, 6) is 0.328. The highest BCUT2D eigenvalue weighted by atomic mass is 79.9. The van der Waals surface area contributed by atoms with Gasteiger partial charge in [-0.05, 0) is 40.2 Å². The van der Waals surface area contributed by atoms with Crippen molar-refractivity contribution in [1.82, 2.24) is 5.43 Å². The predicted octanol–water partition coefficient (Wildman–Crippen LogP) is 3.55. The average Bonchev–Trinajstić information content (AvgIpc) is 3.04. The van der Waals surface area contributed by atoms with Crippen molar-refractivity contribution < 1.29 is 13.6 Å². The van der Waals surface area contributed by atoms with Gasteiger partial charge in [-0.15, -0.1) is 0 Å². The van der Waals surface area contributed by atoms with Crippen LogP contribution in [0.25, 0.3) is 11.0 Å². The van der Waals surface area contributed by atoms with Gasteiger partial charge in [0.2, 0.25) is 0 Å². The predicted molar refractivity (Wildman–Crippen MR) is 77.7 cm³/mol. The summed E-state index contributed by atoms with van der Waals surface area (Å²) in [5.41, 5.74) is 3.04. The van der Waals surface area contributed by atoms with E-state index in [1.165, 1.54) is 6.21 Å². The molecule has 0 fully saturated rings. The molecule has 3 aromatic rings. The molecule has 0 radical (unpaired) electrons. The van der Waals surface area contributed by atoms with Crippen LogP contribution in [0.5, 0.6) is 0 Å². The summed E-state index contributed by atoms with van der Waals surface area (Å²) in [5, 5.41) is 4.67. The number of nitrogens with one attached hydrogen (secondary N) is 1. The third-order valence-corrected chi connectivity index (χ3v) is 3.03. The molecular formula is C14H9BrN2O3. The van der Waals surface area contributed by atoms with E-state index in [2.05, 4.69) is 26.5 Å². The maximum Gasteiger partial charge on any atom is 0.307 e. The normalized spacial score (nSPS) is 11.2. The number of para-hydroxylation sites is 1. The molecule has 1 aromatic carbocycles. The number of benzene rings is 1. The Labute approximate surface area is 122 Å². The minimum absolute atomic E-state index is 0.212. The molecule has 0 atom stereocenters. The van der Waals surface area contributed by atoms with Gasteiger partial charge in [0.1, 0.15) is 11.3 Å². The number of hydrogen-bond donors (Lipinski definition) is 1. The quantitative estimate of drug-likeness (QED) is 0.589. The highest BCUT2D eigenvalue weighted by molar-refractivity contribution is 9.10. The van der Waals surface area contributed by atoms with Crippen molar-refractivity contribution in [2.75, 3.05) is 0 Å². The highest BCUT2D eigenvalue weighted by Crippen LogP contribution is 2.18. The maximum absolute atomic E-state index is 11.9. The summed E-state index contributed by atoms with van der Waals surface area (Å²) in [7, 11) is 0. The first-order valence-corrected chi connectivity index (χ1v) is 6.59. The number of hydrogen-bond acceptors (Lipinski definition) is 4. The van der Waals surface area contributed by atoms with E-state index in [0.29, 0.717) is 16.0 Å². The number of carbonyl (C=O) groups excluding carboxylic acids is 1. The number of nitrogens with zero attached hydrogens (tertiary/aromatic N) is 1. The monoisotopic (exact) mass is 332 g/mol. The van der Waals surface area contributed by atoms with Crippen LogP contribution in [-0.4, -0.2) is 12.1 Å². The molecular weight excluding hydrogens is 324 g/mol. The van der Waals surface area contributed by atoms with Crippen LogP contribution >= 0.6 is 15.9 Å². The van der Waals surface area contributed by atoms with Gasteiger partial charge in [-0.1, -0.05) is 18.2 Å². The van der Waals surface area contributed by atoms with E-state index in [1.54, 1.807) is 24.3 Å². The molecule has 0 saturated heterocycles. The van der Waals surface area contributed by atoms with Crippen molar-refractivity contribution in [3.8, 4) is 0 Å². The Balaban J connectivity index is 1.71. The van der Waals surface area contributed by atoms with Crippen LogP contribution in [0.2, 0.25) is 0 Å². The number of rotatable bonds is 3. The molecule has 0 aliphatic heterocycles. The maximum atomic E-state index is 11.9. The van der Waals surface area contributed by atoms with Gasteiger partial charge in [0.25, 0.3) is 0 Å². The fraction of sp³-hybridized carbons (Fsp3) is 0. The van der Waals surface area contributed by atoms with E-state index < -0.39 is 5.91 Å². The Hall–Kier alpha value is -2.34. The Morgan fingerprint density at radius 3 is 2.80 bits per heavy atom. The molecule has 0 aliphatic carbocycles. The second kappa shape index (κ2) is 5.34. The van der Waals surface area contributed by atoms with Crippen LogP contribution in [0, 0.1) is 0 Å². The number of furan rings is 2. The van der Waals surface area contributed by atoms with Gasteiger partial charge in [0, 0.05) is 5.39 Å². The SMILES string of the molecule is O=C(N/N=C/c1ccc(Br)o1)c1cc2ccccc2o1. The first-order chi connectivity index (χ1) is 9.72. The van der Waals surface area contributed by atoms with E-state index >= 15 is 0 Å². The van der Waals surface area contributed by atoms with Crippen LogP contribution in [0.1, 0.15) is 16.3 Å². The minimum Gasteiger partial charge on any atom is -0.451 e. The molecule has 0 spiro atoms. The zero-order chi connectivity index (χ0) is 13.9. The van der Waals surface area contributed by atoms with E-state index in [4.69, 9.17) is 8.83 Å². The van der Waals surface area contributed by atoms with E-state index in [0.717, 1.165) is 5.39 Å². The topological polar surface area (TPSA) is 67.7 Å². The molecule has 20 heavy (non-hydrogen) atoms. The molecule has 0 bridgehead atoms. The number of hydrazone groups is 1. The van der Waals surface area contributed by atoms with Crippen LogP contribution in [-0.2, 0) is 0 Å². The van der Waals surface area contributed by atoms with E-state index in [1.807, 2.05) is 18.2 Å². The summed E-state index contributed by atoms with van der Waals surface area (Å²) < 4.78 is 11.2. The second-order valence-corrected chi connectivity index (χ2v) is 4.77. The number of fused-ring (bicyclic) bond motifs is 1. The second-order valence-electron chi connectivity index (χ2n) is 3.99. The zero-order valence-electron chi connectivity index (χ0n) is 10.2. The molecule has 6 heteroatoms. The summed E-state index contributed by atoms with van der Waals surface area (Å²) in [6, 6.07) is 12.5. The average molecular weight is 333 g/mol. The van der Waals surface area contributed by atoms with Gasteiger partial charge in [-0.3, -0.25) is 4.79 Å². The number of halogens is 1.